The van der Waals surface area contributed by atoms with Crippen LogP contribution in [-0.4, -0.2) is 14.3 Å². The SMILES string of the molecule is Cc1cccc(S(=O)(=O)c2csc3c2NC(=O)C[C@@H]3c2cc(C)ccc2C)c1. The van der Waals surface area contributed by atoms with E-state index in [1.807, 2.05) is 32.9 Å². The molecule has 4 nitrogen and oxygen atoms in total. The molecule has 0 saturated heterocycles. The van der Waals surface area contributed by atoms with Gasteiger partial charge in [-0.3, -0.25) is 4.79 Å². The van der Waals surface area contributed by atoms with Crippen LogP contribution in [-0.2, 0) is 14.6 Å². The summed E-state index contributed by atoms with van der Waals surface area (Å²) in [6, 6.07) is 13.0. The molecule has 1 atom stereocenters. The number of nitrogens with one attached hydrogen (secondary N) is 1. The number of aryl methyl sites for hydroxylation is 3. The number of fused-ring (bicyclic) bond motifs is 1. The highest BCUT2D eigenvalue weighted by atomic mass is 32.2. The molecule has 0 spiro atoms. The van der Waals surface area contributed by atoms with Crippen molar-refractivity contribution in [3.63, 3.8) is 0 Å². The molecule has 1 aliphatic rings. The Morgan fingerprint density at radius 3 is 2.54 bits per heavy atom. The van der Waals surface area contributed by atoms with Crippen molar-refractivity contribution in [2.75, 3.05) is 5.32 Å². The van der Waals surface area contributed by atoms with Crippen LogP contribution in [0.5, 0.6) is 0 Å². The molecule has 3 aromatic rings. The average molecular weight is 412 g/mol. The maximum atomic E-state index is 13.2. The van der Waals surface area contributed by atoms with Crippen molar-refractivity contribution in [1.82, 2.24) is 0 Å². The summed E-state index contributed by atoms with van der Waals surface area (Å²) in [6.07, 6.45) is 0.321. The molecule has 1 amide bonds. The lowest BCUT2D eigenvalue weighted by atomic mass is 9.87. The zero-order valence-corrected chi connectivity index (χ0v) is 17.6. The Morgan fingerprint density at radius 1 is 1.04 bits per heavy atom. The molecule has 28 heavy (non-hydrogen) atoms. The number of hydrogen-bond donors (Lipinski definition) is 1. The second kappa shape index (κ2) is 6.87. The third kappa shape index (κ3) is 3.16. The monoisotopic (exact) mass is 411 g/mol. The molecule has 6 heteroatoms. The Kier molecular flexibility index (Phi) is 4.63. The molecule has 1 aliphatic heterocycles. The van der Waals surface area contributed by atoms with Gasteiger partial charge in [0.2, 0.25) is 15.7 Å². The Morgan fingerprint density at radius 2 is 1.79 bits per heavy atom. The normalized spacial score (nSPS) is 16.5. The smallest absolute Gasteiger partial charge is 0.225 e. The topological polar surface area (TPSA) is 63.2 Å². The summed E-state index contributed by atoms with van der Waals surface area (Å²) >= 11 is 1.40. The van der Waals surface area contributed by atoms with Crippen molar-refractivity contribution in [3.8, 4) is 0 Å². The third-order valence-corrected chi connectivity index (χ3v) is 8.18. The van der Waals surface area contributed by atoms with Crippen LogP contribution >= 0.6 is 11.3 Å². The standard InChI is InChI=1S/C22H21NO3S2/c1-13-5-4-6-16(9-13)28(25,26)19-12-27-22-18(11-20(24)23-21(19)22)17-10-14(2)7-8-15(17)3/h4-10,12,18H,11H2,1-3H3,(H,23,24)/t18-/m1/s1. The number of anilines is 1. The number of amides is 1. The van der Waals surface area contributed by atoms with E-state index in [0.29, 0.717) is 12.1 Å². The van der Waals surface area contributed by atoms with E-state index < -0.39 is 9.84 Å². The molecule has 4 rings (SSSR count). The van der Waals surface area contributed by atoms with Crippen LogP contribution in [0, 0.1) is 20.8 Å². The quantitative estimate of drug-likeness (QED) is 0.661. The van der Waals surface area contributed by atoms with Gasteiger partial charge in [-0.2, -0.15) is 0 Å². The maximum absolute atomic E-state index is 13.2. The number of sulfone groups is 1. The molecular formula is C22H21NO3S2. The van der Waals surface area contributed by atoms with Crippen molar-refractivity contribution in [2.45, 2.75) is 42.9 Å². The van der Waals surface area contributed by atoms with Crippen LogP contribution in [0.15, 0.2) is 57.6 Å². The van der Waals surface area contributed by atoms with Gasteiger partial charge < -0.3 is 5.32 Å². The summed E-state index contributed by atoms with van der Waals surface area (Å²) in [4.78, 5) is 13.8. The minimum absolute atomic E-state index is 0.130. The zero-order valence-electron chi connectivity index (χ0n) is 15.9. The van der Waals surface area contributed by atoms with E-state index in [9.17, 15) is 13.2 Å². The number of hydrogen-bond acceptors (Lipinski definition) is 4. The fraction of sp³-hybridized carbons (Fsp3) is 0.227. The average Bonchev–Trinajstić information content (AvgIpc) is 3.07. The molecule has 2 aromatic carbocycles. The van der Waals surface area contributed by atoms with Gasteiger partial charge in [-0.15, -0.1) is 11.3 Å². The van der Waals surface area contributed by atoms with Crippen LogP contribution in [0.1, 0.15) is 39.5 Å². The summed E-state index contributed by atoms with van der Waals surface area (Å²) in [6.45, 7) is 5.91. The molecule has 0 unspecified atom stereocenters. The van der Waals surface area contributed by atoms with Crippen LogP contribution in [0.4, 0.5) is 5.69 Å². The predicted octanol–water partition coefficient (Wildman–Crippen LogP) is 4.98. The van der Waals surface area contributed by atoms with Crippen LogP contribution in [0.25, 0.3) is 0 Å². The lowest BCUT2D eigenvalue weighted by Crippen LogP contribution is -2.24. The van der Waals surface area contributed by atoms with Crippen LogP contribution in [0.3, 0.4) is 0 Å². The van der Waals surface area contributed by atoms with Crippen molar-refractivity contribution < 1.29 is 13.2 Å². The highest BCUT2D eigenvalue weighted by Gasteiger charge is 2.34. The highest BCUT2D eigenvalue weighted by molar-refractivity contribution is 7.91. The van der Waals surface area contributed by atoms with Crippen LogP contribution in [0.2, 0.25) is 0 Å². The largest absolute Gasteiger partial charge is 0.324 e. The van der Waals surface area contributed by atoms with E-state index in [4.69, 9.17) is 0 Å². The predicted molar refractivity (Wildman–Crippen MR) is 112 cm³/mol. The van der Waals surface area contributed by atoms with Gasteiger partial charge in [0, 0.05) is 22.6 Å². The van der Waals surface area contributed by atoms with Gasteiger partial charge in [-0.25, -0.2) is 8.42 Å². The molecule has 0 saturated carbocycles. The first kappa shape index (κ1) is 18.9. The maximum Gasteiger partial charge on any atom is 0.225 e. The van der Waals surface area contributed by atoms with Crippen molar-refractivity contribution in [3.05, 3.63) is 75.0 Å². The second-order valence-electron chi connectivity index (χ2n) is 7.32. The summed E-state index contributed by atoms with van der Waals surface area (Å²) < 4.78 is 26.5. The lowest BCUT2D eigenvalue weighted by Gasteiger charge is -2.25. The Hall–Kier alpha value is -2.44. The third-order valence-electron chi connectivity index (χ3n) is 5.16. The van der Waals surface area contributed by atoms with Crippen molar-refractivity contribution in [1.29, 1.82) is 0 Å². The number of benzene rings is 2. The van der Waals surface area contributed by atoms with Gasteiger partial charge in [0.1, 0.15) is 4.90 Å². The van der Waals surface area contributed by atoms with E-state index in [-0.39, 0.29) is 21.6 Å². The first-order chi connectivity index (χ1) is 13.3. The Labute approximate surface area is 169 Å². The van der Waals surface area contributed by atoms with Gasteiger partial charge >= 0.3 is 0 Å². The fourth-order valence-corrected chi connectivity index (χ4v) is 6.70. The Balaban J connectivity index is 1.87. The number of carbonyl (C=O) groups excluding carboxylic acids is 1. The van der Waals surface area contributed by atoms with Gasteiger partial charge in [0.05, 0.1) is 10.6 Å². The van der Waals surface area contributed by atoms with E-state index in [0.717, 1.165) is 27.1 Å². The van der Waals surface area contributed by atoms with Gasteiger partial charge in [-0.1, -0.05) is 35.9 Å². The molecule has 0 radical (unpaired) electrons. The molecule has 2 heterocycles. The second-order valence-corrected chi connectivity index (χ2v) is 10.2. The van der Waals surface area contributed by atoms with Gasteiger partial charge in [0.15, 0.2) is 0 Å². The van der Waals surface area contributed by atoms with E-state index in [2.05, 4.69) is 17.4 Å². The Bertz CT molecular complexity index is 1190. The van der Waals surface area contributed by atoms with Gasteiger partial charge in [0.25, 0.3) is 0 Å². The molecule has 0 aliphatic carbocycles. The summed E-state index contributed by atoms with van der Waals surface area (Å²) in [5.74, 6) is -0.285. The molecule has 1 aromatic heterocycles. The number of thiophene rings is 1. The first-order valence-corrected chi connectivity index (χ1v) is 11.4. The first-order valence-electron chi connectivity index (χ1n) is 9.07. The van der Waals surface area contributed by atoms with Crippen molar-refractivity contribution in [2.24, 2.45) is 0 Å². The molecule has 144 valence electrons. The fourth-order valence-electron chi connectivity index (χ4n) is 3.70. The van der Waals surface area contributed by atoms with Gasteiger partial charge in [-0.05, 0) is 49.6 Å². The summed E-state index contributed by atoms with van der Waals surface area (Å²) in [5.41, 5.74) is 4.62. The number of rotatable bonds is 3. The molecular weight excluding hydrogens is 390 g/mol. The summed E-state index contributed by atoms with van der Waals surface area (Å²) in [5, 5.41) is 4.48. The molecule has 0 fully saturated rings. The van der Waals surface area contributed by atoms with E-state index >= 15 is 0 Å². The van der Waals surface area contributed by atoms with Crippen LogP contribution < -0.4 is 5.32 Å². The summed E-state index contributed by atoms with van der Waals surface area (Å²) in [7, 11) is -3.71. The zero-order chi connectivity index (χ0) is 20.1. The molecule has 0 bridgehead atoms. The minimum atomic E-state index is -3.71. The molecule has 1 N–H and O–H groups in total. The minimum Gasteiger partial charge on any atom is -0.324 e. The van der Waals surface area contributed by atoms with E-state index in [1.165, 1.54) is 11.3 Å². The lowest BCUT2D eigenvalue weighted by molar-refractivity contribution is -0.116. The van der Waals surface area contributed by atoms with E-state index in [1.54, 1.807) is 23.6 Å². The number of carbonyl (C=O) groups is 1. The van der Waals surface area contributed by atoms with Crippen molar-refractivity contribution >= 4 is 32.8 Å². The highest BCUT2D eigenvalue weighted by Crippen LogP contribution is 2.46.